The summed E-state index contributed by atoms with van der Waals surface area (Å²) in [4.78, 5) is 14.5. The summed E-state index contributed by atoms with van der Waals surface area (Å²) in [7, 11) is 0. The summed E-state index contributed by atoms with van der Waals surface area (Å²) >= 11 is 0. The fourth-order valence-electron chi connectivity index (χ4n) is 3.83. The average molecular weight is 266 g/mol. The highest BCUT2D eigenvalue weighted by Crippen LogP contribution is 2.30. The summed E-state index contributed by atoms with van der Waals surface area (Å²) < 4.78 is 0. The van der Waals surface area contributed by atoms with Gasteiger partial charge in [0.05, 0.1) is 0 Å². The van der Waals surface area contributed by atoms with Crippen molar-refractivity contribution in [3.8, 4) is 0 Å². The normalized spacial score (nSPS) is 28.8. The molecule has 1 saturated carbocycles. The van der Waals surface area contributed by atoms with Crippen molar-refractivity contribution >= 4 is 5.91 Å². The number of carbonyl (C=O) groups is 1. The van der Waals surface area contributed by atoms with E-state index in [1.54, 1.807) is 0 Å². The summed E-state index contributed by atoms with van der Waals surface area (Å²) in [6.45, 7) is 3.81. The van der Waals surface area contributed by atoms with Gasteiger partial charge in [0.15, 0.2) is 0 Å². The van der Waals surface area contributed by atoms with Crippen molar-refractivity contribution in [3.05, 3.63) is 0 Å². The largest absolute Gasteiger partial charge is 0.338 e. The van der Waals surface area contributed by atoms with Gasteiger partial charge in [-0.15, -0.1) is 0 Å². The summed E-state index contributed by atoms with van der Waals surface area (Å²) in [5.74, 6) is 1.94. The fourth-order valence-corrected chi connectivity index (χ4v) is 3.83. The second-order valence-electron chi connectivity index (χ2n) is 6.46. The Morgan fingerprint density at radius 1 is 1.21 bits per heavy atom. The monoisotopic (exact) mass is 266 g/mol. The molecule has 2 N–H and O–H groups in total. The maximum absolute atomic E-state index is 12.4. The van der Waals surface area contributed by atoms with E-state index < -0.39 is 0 Å². The van der Waals surface area contributed by atoms with Crippen molar-refractivity contribution in [2.75, 3.05) is 13.1 Å². The molecule has 2 fully saturated rings. The first-order chi connectivity index (χ1) is 9.24. The van der Waals surface area contributed by atoms with E-state index in [1.807, 2.05) is 0 Å². The molecule has 3 nitrogen and oxygen atoms in total. The zero-order valence-electron chi connectivity index (χ0n) is 12.4. The van der Waals surface area contributed by atoms with Crippen LogP contribution in [0, 0.1) is 11.8 Å². The maximum Gasteiger partial charge on any atom is 0.222 e. The molecular formula is C16H30N2O. The van der Waals surface area contributed by atoms with Crippen LogP contribution in [0.2, 0.25) is 0 Å². The van der Waals surface area contributed by atoms with Crippen LogP contribution in [-0.4, -0.2) is 29.9 Å². The molecule has 2 atom stereocenters. The van der Waals surface area contributed by atoms with Crippen LogP contribution in [-0.2, 0) is 4.79 Å². The number of likely N-dealkylation sites (tertiary alicyclic amines) is 1. The lowest BCUT2D eigenvalue weighted by Crippen LogP contribution is -2.49. The van der Waals surface area contributed by atoms with E-state index in [2.05, 4.69) is 11.8 Å². The smallest absolute Gasteiger partial charge is 0.222 e. The van der Waals surface area contributed by atoms with Crippen molar-refractivity contribution in [2.45, 2.75) is 70.8 Å². The van der Waals surface area contributed by atoms with Crippen LogP contribution in [0.25, 0.3) is 0 Å². The van der Waals surface area contributed by atoms with Crippen LogP contribution in [0.5, 0.6) is 0 Å². The molecule has 0 aromatic rings. The Morgan fingerprint density at radius 2 is 1.95 bits per heavy atom. The number of nitrogens with two attached hydrogens (primary N) is 1. The zero-order valence-corrected chi connectivity index (χ0v) is 12.4. The molecule has 0 spiro atoms. The second-order valence-corrected chi connectivity index (χ2v) is 6.46. The molecule has 2 unspecified atom stereocenters. The van der Waals surface area contributed by atoms with Crippen molar-refractivity contribution in [3.63, 3.8) is 0 Å². The Bertz CT molecular complexity index is 286. The lowest BCUT2D eigenvalue weighted by molar-refractivity contribution is -0.135. The number of nitrogens with zero attached hydrogens (tertiary/aromatic N) is 1. The molecule has 1 saturated heterocycles. The highest BCUT2D eigenvalue weighted by Gasteiger charge is 2.30. The third-order valence-corrected chi connectivity index (χ3v) is 5.24. The van der Waals surface area contributed by atoms with Gasteiger partial charge in [-0.05, 0) is 31.1 Å². The first-order valence-electron chi connectivity index (χ1n) is 8.24. The van der Waals surface area contributed by atoms with E-state index in [0.717, 1.165) is 37.6 Å². The van der Waals surface area contributed by atoms with Gasteiger partial charge in [0.1, 0.15) is 0 Å². The third-order valence-electron chi connectivity index (χ3n) is 5.24. The van der Waals surface area contributed by atoms with Crippen LogP contribution < -0.4 is 5.73 Å². The first kappa shape index (κ1) is 14.8. The Balaban J connectivity index is 1.79. The minimum Gasteiger partial charge on any atom is -0.338 e. The predicted molar refractivity (Wildman–Crippen MR) is 78.8 cm³/mol. The van der Waals surface area contributed by atoms with Gasteiger partial charge in [0.2, 0.25) is 5.91 Å². The SMILES string of the molecule is CCC1CCN(C(=O)CCC2CCCC2)C(CN)C1. The zero-order chi connectivity index (χ0) is 13.7. The van der Waals surface area contributed by atoms with E-state index in [0.29, 0.717) is 18.5 Å². The Labute approximate surface area is 117 Å². The summed E-state index contributed by atoms with van der Waals surface area (Å²) in [5.41, 5.74) is 5.87. The van der Waals surface area contributed by atoms with Crippen LogP contribution >= 0.6 is 0 Å². The molecular weight excluding hydrogens is 236 g/mol. The lowest BCUT2D eigenvalue weighted by Gasteiger charge is -2.39. The molecule has 0 aromatic heterocycles. The highest BCUT2D eigenvalue weighted by atomic mass is 16.2. The minimum absolute atomic E-state index is 0.301. The molecule has 110 valence electrons. The molecule has 0 aromatic carbocycles. The molecule has 0 bridgehead atoms. The Kier molecular flexibility index (Phi) is 5.68. The Hall–Kier alpha value is -0.570. The minimum atomic E-state index is 0.301. The topological polar surface area (TPSA) is 46.3 Å². The lowest BCUT2D eigenvalue weighted by atomic mass is 9.88. The quantitative estimate of drug-likeness (QED) is 0.831. The van der Waals surface area contributed by atoms with Gasteiger partial charge >= 0.3 is 0 Å². The second kappa shape index (κ2) is 7.28. The highest BCUT2D eigenvalue weighted by molar-refractivity contribution is 5.76. The van der Waals surface area contributed by atoms with Gasteiger partial charge in [-0.25, -0.2) is 0 Å². The van der Waals surface area contributed by atoms with Crippen LogP contribution in [0.4, 0.5) is 0 Å². The molecule has 1 aliphatic carbocycles. The fraction of sp³-hybridized carbons (Fsp3) is 0.938. The van der Waals surface area contributed by atoms with Crippen molar-refractivity contribution in [2.24, 2.45) is 17.6 Å². The van der Waals surface area contributed by atoms with Gasteiger partial charge in [0.25, 0.3) is 0 Å². The third kappa shape index (κ3) is 3.95. The molecule has 0 radical (unpaired) electrons. The molecule has 2 aliphatic rings. The standard InChI is InChI=1S/C16H30N2O/c1-2-13-9-10-18(15(11-13)12-17)16(19)8-7-14-5-3-4-6-14/h13-15H,2-12,17H2,1H3. The predicted octanol–water partition coefficient (Wildman–Crippen LogP) is 2.93. The molecule has 1 heterocycles. The first-order valence-corrected chi connectivity index (χ1v) is 8.24. The number of hydrogen-bond acceptors (Lipinski definition) is 2. The maximum atomic E-state index is 12.4. The van der Waals surface area contributed by atoms with E-state index >= 15 is 0 Å². The van der Waals surface area contributed by atoms with Gasteiger partial charge in [-0.2, -0.15) is 0 Å². The molecule has 3 heteroatoms. The summed E-state index contributed by atoms with van der Waals surface area (Å²) in [6, 6.07) is 0.301. The average Bonchev–Trinajstić information content (AvgIpc) is 2.97. The van der Waals surface area contributed by atoms with Gasteiger partial charge in [-0.1, -0.05) is 39.0 Å². The van der Waals surface area contributed by atoms with Gasteiger partial charge in [-0.3, -0.25) is 4.79 Å². The van der Waals surface area contributed by atoms with E-state index in [9.17, 15) is 4.79 Å². The molecule has 19 heavy (non-hydrogen) atoms. The van der Waals surface area contributed by atoms with Crippen molar-refractivity contribution in [1.82, 2.24) is 4.90 Å². The van der Waals surface area contributed by atoms with E-state index in [1.165, 1.54) is 38.5 Å². The Morgan fingerprint density at radius 3 is 2.58 bits per heavy atom. The number of hydrogen-bond donors (Lipinski definition) is 1. The van der Waals surface area contributed by atoms with Crippen LogP contribution in [0.15, 0.2) is 0 Å². The molecule has 2 rings (SSSR count). The van der Waals surface area contributed by atoms with Crippen molar-refractivity contribution in [1.29, 1.82) is 0 Å². The molecule has 1 aliphatic heterocycles. The molecule has 1 amide bonds. The van der Waals surface area contributed by atoms with E-state index in [-0.39, 0.29) is 0 Å². The van der Waals surface area contributed by atoms with Crippen LogP contribution in [0.1, 0.15) is 64.7 Å². The number of carbonyl (C=O) groups excluding carboxylic acids is 1. The van der Waals surface area contributed by atoms with Gasteiger partial charge < -0.3 is 10.6 Å². The number of rotatable bonds is 5. The van der Waals surface area contributed by atoms with Crippen molar-refractivity contribution < 1.29 is 4.79 Å². The number of piperidine rings is 1. The summed E-state index contributed by atoms with van der Waals surface area (Å²) in [6.07, 6.45) is 10.8. The van der Waals surface area contributed by atoms with E-state index in [4.69, 9.17) is 5.73 Å². The van der Waals surface area contributed by atoms with Gasteiger partial charge in [0, 0.05) is 25.6 Å². The summed E-state index contributed by atoms with van der Waals surface area (Å²) in [5, 5.41) is 0. The number of amides is 1. The van der Waals surface area contributed by atoms with Crippen LogP contribution in [0.3, 0.4) is 0 Å².